The molecule has 2 aromatic rings. The van der Waals surface area contributed by atoms with Crippen LogP contribution < -0.4 is 0 Å². The second-order valence-electron chi connectivity index (χ2n) is 4.73. The van der Waals surface area contributed by atoms with E-state index in [0.717, 1.165) is 17.4 Å². The van der Waals surface area contributed by atoms with Crippen LogP contribution in [0.25, 0.3) is 11.6 Å². The van der Waals surface area contributed by atoms with Crippen molar-refractivity contribution in [2.45, 2.75) is 39.5 Å². The van der Waals surface area contributed by atoms with Crippen molar-refractivity contribution in [3.63, 3.8) is 0 Å². The fraction of sp³-hybridized carbons (Fsp3) is 0.533. The van der Waals surface area contributed by atoms with E-state index < -0.39 is 0 Å². The van der Waals surface area contributed by atoms with E-state index in [4.69, 9.17) is 4.79 Å². The summed E-state index contributed by atoms with van der Waals surface area (Å²) in [4.78, 5) is 20.0. The summed E-state index contributed by atoms with van der Waals surface area (Å²) < 4.78 is 1.92. The van der Waals surface area contributed by atoms with Crippen molar-refractivity contribution in [2.75, 3.05) is 5.75 Å². The molecule has 21 heavy (non-hydrogen) atoms. The van der Waals surface area contributed by atoms with Crippen molar-refractivity contribution < 1.29 is 4.79 Å². The lowest BCUT2D eigenvalue weighted by Crippen LogP contribution is -1.92. The molecule has 0 amide bonds. The quantitative estimate of drug-likeness (QED) is 0.654. The third-order valence-corrected chi connectivity index (χ3v) is 3.75. The normalized spacial score (nSPS) is 10.0. The molecule has 0 fully saturated rings. The van der Waals surface area contributed by atoms with Gasteiger partial charge in [0, 0.05) is 37.6 Å². The zero-order valence-electron chi connectivity index (χ0n) is 13.0. The van der Waals surface area contributed by atoms with Crippen LogP contribution in [0.1, 0.15) is 39.5 Å². The Morgan fingerprint density at radius 2 is 2.10 bits per heavy atom. The number of hydrogen-bond acceptors (Lipinski definition) is 3. The molecule has 0 aromatic carbocycles. The fourth-order valence-electron chi connectivity index (χ4n) is 1.73. The maximum atomic E-state index is 8.79. The number of nitrogens with zero attached hydrogens (tertiary/aromatic N) is 3. The van der Waals surface area contributed by atoms with Crippen LogP contribution >= 0.6 is 11.8 Å². The minimum Gasteiger partial charge on any atom is -0.342 e. The minimum absolute atomic E-state index is 0.497. The number of hydrogen-bond donors (Lipinski definition) is 1. The van der Waals surface area contributed by atoms with Gasteiger partial charge in [0.1, 0.15) is 0 Å². The van der Waals surface area contributed by atoms with Crippen LogP contribution in [0.15, 0.2) is 24.8 Å². The van der Waals surface area contributed by atoms with Gasteiger partial charge in [0.05, 0.1) is 6.92 Å². The van der Waals surface area contributed by atoms with Crippen molar-refractivity contribution in [3.05, 3.63) is 24.8 Å². The summed E-state index contributed by atoms with van der Waals surface area (Å²) in [5, 5.41) is 0.497. The summed E-state index contributed by atoms with van der Waals surface area (Å²) in [6.07, 6.45) is 12.3. The molecule has 0 aliphatic carbocycles. The molecule has 6 heteroatoms. The Bertz CT molecular complexity index is 507. The Hall–Kier alpha value is -1.56. The Labute approximate surface area is 130 Å². The van der Waals surface area contributed by atoms with Crippen molar-refractivity contribution >= 4 is 16.9 Å². The van der Waals surface area contributed by atoms with Gasteiger partial charge in [0.2, 0.25) is 0 Å². The molecule has 2 heterocycles. The predicted octanol–water partition coefficient (Wildman–Crippen LogP) is 3.63. The molecule has 0 bridgehead atoms. The number of carbonyl (C=O) groups excluding carboxylic acids is 1. The molecule has 0 aliphatic heterocycles. The Balaban J connectivity index is 0.000000212. The lowest BCUT2D eigenvalue weighted by molar-refractivity contribution is 0.684. The maximum absolute atomic E-state index is 8.79. The SMILES string of the molecule is CCCCCCSC(C)=[OH+].Cn1ccnc1-c1ncc[nH]1. The van der Waals surface area contributed by atoms with E-state index >= 15 is 0 Å². The van der Waals surface area contributed by atoms with Gasteiger partial charge < -0.3 is 9.55 Å². The molecule has 2 N–H and O–H groups in total. The number of aromatic nitrogens is 4. The number of aryl methyl sites for hydroxylation is 1. The van der Waals surface area contributed by atoms with E-state index in [9.17, 15) is 0 Å². The summed E-state index contributed by atoms with van der Waals surface area (Å²) in [7, 11) is 1.94. The number of H-pyrrole nitrogens is 1. The highest BCUT2D eigenvalue weighted by Crippen LogP contribution is 2.09. The van der Waals surface area contributed by atoms with E-state index in [2.05, 4.69) is 21.9 Å². The molecule has 116 valence electrons. The van der Waals surface area contributed by atoms with Gasteiger partial charge in [0.25, 0.3) is 0 Å². The molecule has 5 nitrogen and oxygen atoms in total. The number of rotatable bonds is 6. The summed E-state index contributed by atoms with van der Waals surface area (Å²) in [6.45, 7) is 3.95. The van der Waals surface area contributed by atoms with E-state index in [1.54, 1.807) is 37.3 Å². The van der Waals surface area contributed by atoms with Crippen LogP contribution in [0, 0.1) is 0 Å². The van der Waals surface area contributed by atoms with Crippen LogP contribution in [0.5, 0.6) is 0 Å². The molecule has 0 radical (unpaired) electrons. The summed E-state index contributed by atoms with van der Waals surface area (Å²) in [5.74, 6) is 2.73. The summed E-state index contributed by atoms with van der Waals surface area (Å²) in [6, 6.07) is 0. The third kappa shape index (κ3) is 7.13. The van der Waals surface area contributed by atoms with Gasteiger partial charge in [-0.15, -0.1) is 0 Å². The average molecular weight is 309 g/mol. The number of thioether (sulfide) groups is 1. The smallest absolute Gasteiger partial charge is 0.342 e. The fourth-order valence-corrected chi connectivity index (χ4v) is 2.37. The topological polar surface area (TPSA) is 67.9 Å². The monoisotopic (exact) mass is 309 g/mol. The van der Waals surface area contributed by atoms with Gasteiger partial charge in [-0.25, -0.2) is 9.97 Å². The predicted molar refractivity (Wildman–Crippen MR) is 90.0 cm³/mol. The van der Waals surface area contributed by atoms with Crippen LogP contribution in [0.2, 0.25) is 0 Å². The Kier molecular flexibility index (Phi) is 8.50. The van der Waals surface area contributed by atoms with E-state index in [-0.39, 0.29) is 0 Å². The molecule has 0 saturated carbocycles. The zero-order valence-corrected chi connectivity index (χ0v) is 13.9. The largest absolute Gasteiger partial charge is 0.347 e. The standard InChI is InChI=1S/C8H16OS.C7H8N4/c1-3-4-5-6-7-10-8(2)9;1-11-5-4-10-7(11)6-8-2-3-9-6/h3-7H2,1-2H3;2-5H,1H3,(H,8,9)/p+1. The van der Waals surface area contributed by atoms with Gasteiger partial charge in [0.15, 0.2) is 11.6 Å². The summed E-state index contributed by atoms with van der Waals surface area (Å²) in [5.41, 5.74) is 0. The van der Waals surface area contributed by atoms with E-state index in [0.29, 0.717) is 5.12 Å². The molecule has 0 atom stereocenters. The highest BCUT2D eigenvalue weighted by atomic mass is 32.2. The third-order valence-electron chi connectivity index (χ3n) is 2.84. The zero-order chi connectivity index (χ0) is 15.5. The van der Waals surface area contributed by atoms with E-state index in [1.807, 2.05) is 17.8 Å². The van der Waals surface area contributed by atoms with Crippen LogP contribution in [-0.2, 0) is 7.05 Å². The molecule has 0 spiro atoms. The van der Waals surface area contributed by atoms with Gasteiger partial charge in [-0.1, -0.05) is 26.2 Å². The molecular weight excluding hydrogens is 284 g/mol. The van der Waals surface area contributed by atoms with E-state index in [1.165, 1.54) is 25.7 Å². The Morgan fingerprint density at radius 3 is 2.62 bits per heavy atom. The number of unbranched alkanes of at least 4 members (excludes halogenated alkanes) is 3. The first kappa shape index (κ1) is 17.5. The molecule has 0 unspecified atom stereocenters. The van der Waals surface area contributed by atoms with Crippen molar-refractivity contribution in [1.82, 2.24) is 19.5 Å². The van der Waals surface area contributed by atoms with Gasteiger partial charge in [-0.3, -0.25) is 4.79 Å². The molecule has 0 saturated heterocycles. The maximum Gasteiger partial charge on any atom is 0.347 e. The first-order chi connectivity index (χ1) is 10.1. The second kappa shape index (κ2) is 10.2. The molecule has 0 aliphatic rings. The van der Waals surface area contributed by atoms with Gasteiger partial charge in [-0.05, 0) is 18.2 Å². The number of imidazole rings is 2. The lowest BCUT2D eigenvalue weighted by atomic mass is 10.2. The first-order valence-electron chi connectivity index (χ1n) is 7.27. The second-order valence-corrected chi connectivity index (χ2v) is 6.02. The number of aromatic amines is 1. The van der Waals surface area contributed by atoms with Gasteiger partial charge in [-0.2, -0.15) is 0 Å². The van der Waals surface area contributed by atoms with Crippen LogP contribution in [0.3, 0.4) is 0 Å². The minimum atomic E-state index is 0.497. The van der Waals surface area contributed by atoms with Crippen molar-refractivity contribution in [3.8, 4) is 11.6 Å². The molecular formula is C15H25N4OS+. The van der Waals surface area contributed by atoms with Crippen molar-refractivity contribution in [2.24, 2.45) is 7.05 Å². The molecule has 2 aromatic heterocycles. The Morgan fingerprint density at radius 1 is 1.29 bits per heavy atom. The highest BCUT2D eigenvalue weighted by molar-refractivity contribution is 8.13. The first-order valence-corrected chi connectivity index (χ1v) is 8.26. The lowest BCUT2D eigenvalue weighted by Gasteiger charge is -1.94. The van der Waals surface area contributed by atoms with Crippen LogP contribution in [-0.4, -0.2) is 35.2 Å². The van der Waals surface area contributed by atoms with Crippen LogP contribution in [0.4, 0.5) is 0 Å². The highest BCUT2D eigenvalue weighted by Gasteiger charge is 2.03. The average Bonchev–Trinajstić information content (AvgIpc) is 3.09. The van der Waals surface area contributed by atoms with Crippen molar-refractivity contribution in [1.29, 1.82) is 0 Å². The number of nitrogens with one attached hydrogen (secondary N) is 1. The summed E-state index contributed by atoms with van der Waals surface area (Å²) >= 11 is 1.55. The van der Waals surface area contributed by atoms with Gasteiger partial charge >= 0.3 is 5.12 Å². The molecule has 2 rings (SSSR count).